The molecule has 0 radical (unpaired) electrons. The van der Waals surface area contributed by atoms with Gasteiger partial charge in [-0.1, -0.05) is 13.8 Å². The number of carbonyl (C=O) groups excluding carboxylic acids is 1. The number of halogens is 4. The van der Waals surface area contributed by atoms with Gasteiger partial charge >= 0.3 is 12.1 Å². The van der Waals surface area contributed by atoms with E-state index in [0.717, 1.165) is 6.20 Å². The van der Waals surface area contributed by atoms with Crippen LogP contribution in [0.25, 0.3) is 0 Å². The van der Waals surface area contributed by atoms with Gasteiger partial charge in [-0.2, -0.15) is 18.2 Å². The second kappa shape index (κ2) is 9.22. The third kappa shape index (κ3) is 5.34. The number of hydrogen-bond donors (Lipinski definition) is 2. The Kier molecular flexibility index (Phi) is 7.22. The Balaban J connectivity index is 2.38. The molecule has 0 saturated heterocycles. The molecule has 152 valence electrons. The molecular weight excluding hydrogens is 441 g/mol. The van der Waals surface area contributed by atoms with Crippen molar-refractivity contribution in [2.24, 2.45) is 0 Å². The Labute approximate surface area is 169 Å². The van der Waals surface area contributed by atoms with Crippen LogP contribution in [0.5, 0.6) is 0 Å². The Morgan fingerprint density at radius 2 is 1.96 bits per heavy atom. The summed E-state index contributed by atoms with van der Waals surface area (Å²) < 4.78 is 45.1. The molecular formula is C18H20BrF3N4O2. The minimum atomic E-state index is -4.58. The van der Waals surface area contributed by atoms with Crippen LogP contribution < -0.4 is 10.6 Å². The van der Waals surface area contributed by atoms with Gasteiger partial charge in [0, 0.05) is 22.4 Å². The summed E-state index contributed by atoms with van der Waals surface area (Å²) in [5, 5.41) is 5.66. The van der Waals surface area contributed by atoms with Crippen molar-refractivity contribution in [2.45, 2.75) is 38.9 Å². The third-order valence-corrected chi connectivity index (χ3v) is 4.74. The molecule has 0 unspecified atom stereocenters. The van der Waals surface area contributed by atoms with Crippen molar-refractivity contribution in [1.29, 1.82) is 0 Å². The maximum atomic E-state index is 13.3. The van der Waals surface area contributed by atoms with Crippen molar-refractivity contribution in [2.75, 3.05) is 17.7 Å². The first-order chi connectivity index (χ1) is 13.2. The minimum absolute atomic E-state index is 0.0282. The van der Waals surface area contributed by atoms with E-state index in [0.29, 0.717) is 23.0 Å². The lowest BCUT2D eigenvalue weighted by atomic mass is 10.1. The Bertz CT molecular complexity index is 842. The van der Waals surface area contributed by atoms with Crippen molar-refractivity contribution < 1.29 is 22.7 Å². The van der Waals surface area contributed by atoms with E-state index in [9.17, 15) is 18.0 Å². The number of methoxy groups -OCH3 is 1. The molecule has 6 nitrogen and oxygen atoms in total. The second-order valence-corrected chi connectivity index (χ2v) is 6.78. The molecule has 10 heteroatoms. The average molecular weight is 461 g/mol. The largest absolute Gasteiger partial charge is 0.465 e. The van der Waals surface area contributed by atoms with E-state index in [1.54, 1.807) is 12.1 Å². The molecule has 0 bridgehead atoms. The Hall–Kier alpha value is -2.36. The van der Waals surface area contributed by atoms with Crippen LogP contribution in [0.4, 0.5) is 30.6 Å². The molecule has 1 heterocycles. The molecule has 0 aliphatic carbocycles. The quantitative estimate of drug-likeness (QED) is 0.539. The number of carbonyl (C=O) groups is 1. The Morgan fingerprint density at radius 3 is 2.54 bits per heavy atom. The molecule has 0 amide bonds. The van der Waals surface area contributed by atoms with Crippen molar-refractivity contribution in [3.63, 3.8) is 0 Å². The molecule has 1 aromatic carbocycles. The molecule has 2 N–H and O–H groups in total. The summed E-state index contributed by atoms with van der Waals surface area (Å²) in [6, 6.07) is 4.58. The first-order valence-electron chi connectivity index (χ1n) is 8.55. The van der Waals surface area contributed by atoms with E-state index < -0.39 is 17.7 Å². The van der Waals surface area contributed by atoms with Crippen LogP contribution in [0.3, 0.4) is 0 Å². The van der Waals surface area contributed by atoms with Crippen LogP contribution in [0.2, 0.25) is 0 Å². The molecule has 0 aliphatic heterocycles. The fourth-order valence-electron chi connectivity index (χ4n) is 2.44. The number of esters is 1. The summed E-state index contributed by atoms with van der Waals surface area (Å²) >= 11 is 3.25. The number of anilines is 3. The third-order valence-electron chi connectivity index (χ3n) is 4.05. The van der Waals surface area contributed by atoms with Gasteiger partial charge in [-0.05, 0) is 47.0 Å². The number of alkyl halides is 3. The van der Waals surface area contributed by atoms with Gasteiger partial charge in [0.2, 0.25) is 5.95 Å². The first kappa shape index (κ1) is 21.9. The topological polar surface area (TPSA) is 76.1 Å². The zero-order valence-electron chi connectivity index (χ0n) is 15.5. The van der Waals surface area contributed by atoms with Gasteiger partial charge in [-0.15, -0.1) is 0 Å². The highest BCUT2D eigenvalue weighted by atomic mass is 79.9. The number of benzene rings is 1. The molecule has 0 atom stereocenters. The van der Waals surface area contributed by atoms with Crippen LogP contribution >= 0.6 is 15.9 Å². The van der Waals surface area contributed by atoms with E-state index in [4.69, 9.17) is 4.74 Å². The monoisotopic (exact) mass is 460 g/mol. The van der Waals surface area contributed by atoms with E-state index in [2.05, 4.69) is 36.5 Å². The summed E-state index contributed by atoms with van der Waals surface area (Å²) in [7, 11) is 1.25. The molecule has 1 aromatic heterocycles. The molecule has 2 rings (SSSR count). The minimum Gasteiger partial charge on any atom is -0.465 e. The van der Waals surface area contributed by atoms with Gasteiger partial charge in [-0.25, -0.2) is 9.78 Å². The maximum absolute atomic E-state index is 13.3. The van der Waals surface area contributed by atoms with Gasteiger partial charge in [0.15, 0.2) is 0 Å². The van der Waals surface area contributed by atoms with Crippen LogP contribution in [-0.2, 0) is 10.9 Å². The second-order valence-electron chi connectivity index (χ2n) is 5.92. The Morgan fingerprint density at radius 1 is 1.29 bits per heavy atom. The maximum Gasteiger partial charge on any atom is 0.421 e. The van der Waals surface area contributed by atoms with Gasteiger partial charge in [0.05, 0.1) is 12.7 Å². The predicted octanol–water partition coefficient (Wildman–Crippen LogP) is 5.39. The van der Waals surface area contributed by atoms with Gasteiger partial charge < -0.3 is 15.4 Å². The number of aromatic nitrogens is 2. The number of rotatable bonds is 7. The highest BCUT2D eigenvalue weighted by Gasteiger charge is 2.35. The van der Waals surface area contributed by atoms with Crippen LogP contribution in [0.1, 0.15) is 42.6 Å². The lowest BCUT2D eigenvalue weighted by molar-refractivity contribution is -0.137. The van der Waals surface area contributed by atoms with Crippen molar-refractivity contribution in [3.05, 3.63) is 40.0 Å². The van der Waals surface area contributed by atoms with Gasteiger partial charge in [-0.3, -0.25) is 0 Å². The average Bonchev–Trinajstić information content (AvgIpc) is 2.66. The zero-order chi connectivity index (χ0) is 20.9. The number of nitrogens with zero attached hydrogens (tertiary/aromatic N) is 2. The smallest absolute Gasteiger partial charge is 0.421 e. The van der Waals surface area contributed by atoms with Crippen LogP contribution in [-0.4, -0.2) is 29.1 Å². The van der Waals surface area contributed by atoms with E-state index in [-0.39, 0.29) is 23.4 Å². The van der Waals surface area contributed by atoms with E-state index >= 15 is 0 Å². The van der Waals surface area contributed by atoms with Gasteiger partial charge in [0.1, 0.15) is 11.4 Å². The van der Waals surface area contributed by atoms with Gasteiger partial charge in [0.25, 0.3) is 0 Å². The molecule has 2 aromatic rings. The summed E-state index contributed by atoms with van der Waals surface area (Å²) in [6.07, 6.45) is -2.55. The summed E-state index contributed by atoms with van der Waals surface area (Å²) in [5.41, 5.74) is -0.248. The SMILES string of the molecule is CCC(CC)Nc1nc(Nc2ccc(Br)c(C(=O)OC)c2)ncc1C(F)(F)F. The van der Waals surface area contributed by atoms with Crippen LogP contribution in [0, 0.1) is 0 Å². The summed E-state index contributed by atoms with van der Waals surface area (Å²) in [5.74, 6) is -0.872. The molecule has 0 saturated carbocycles. The fraction of sp³-hybridized carbons (Fsp3) is 0.389. The summed E-state index contributed by atoms with van der Waals surface area (Å²) in [4.78, 5) is 19.6. The van der Waals surface area contributed by atoms with E-state index in [1.807, 2.05) is 13.8 Å². The highest BCUT2D eigenvalue weighted by Crippen LogP contribution is 2.34. The number of hydrogen-bond acceptors (Lipinski definition) is 6. The lowest BCUT2D eigenvalue weighted by Crippen LogP contribution is -2.22. The van der Waals surface area contributed by atoms with Crippen LogP contribution in [0.15, 0.2) is 28.9 Å². The van der Waals surface area contributed by atoms with E-state index in [1.165, 1.54) is 13.2 Å². The molecule has 0 spiro atoms. The standard InChI is InChI=1S/C18H20BrF3N4O2/c1-4-10(5-2)24-15-13(18(20,21)22)9-23-17(26-15)25-11-6-7-14(19)12(8-11)16(27)28-3/h6-10H,4-5H2,1-3H3,(H2,23,24,25,26). The fourth-order valence-corrected chi connectivity index (χ4v) is 2.85. The lowest BCUT2D eigenvalue weighted by Gasteiger charge is -2.19. The normalized spacial score (nSPS) is 11.4. The number of ether oxygens (including phenoxy) is 1. The zero-order valence-corrected chi connectivity index (χ0v) is 17.1. The highest BCUT2D eigenvalue weighted by molar-refractivity contribution is 9.10. The van der Waals surface area contributed by atoms with Crippen molar-refractivity contribution in [3.8, 4) is 0 Å². The molecule has 0 aliphatic rings. The molecule has 28 heavy (non-hydrogen) atoms. The molecule has 0 fully saturated rings. The van der Waals surface area contributed by atoms with Crippen molar-refractivity contribution in [1.82, 2.24) is 9.97 Å². The summed E-state index contributed by atoms with van der Waals surface area (Å²) in [6.45, 7) is 3.76. The first-order valence-corrected chi connectivity index (χ1v) is 9.34. The number of nitrogens with one attached hydrogen (secondary N) is 2. The van der Waals surface area contributed by atoms with Crippen molar-refractivity contribution >= 4 is 39.4 Å². The predicted molar refractivity (Wildman–Crippen MR) is 104 cm³/mol.